The van der Waals surface area contributed by atoms with E-state index in [0.717, 1.165) is 42.4 Å². The first-order chi connectivity index (χ1) is 15.2. The Balaban J connectivity index is 1.55. The molecule has 0 spiro atoms. The minimum Gasteiger partial charge on any atom is -0.352 e. The molecule has 1 N–H and O–H groups in total. The molecule has 1 fully saturated rings. The molecule has 0 bridgehead atoms. The van der Waals surface area contributed by atoms with Gasteiger partial charge in [-0.25, -0.2) is 14.8 Å². The van der Waals surface area contributed by atoms with Crippen LogP contribution in [0, 0.1) is 13.8 Å². The molecule has 3 aromatic rings. The zero-order valence-electron chi connectivity index (χ0n) is 19.7. The molecule has 6 nitrogen and oxygen atoms in total. The van der Waals surface area contributed by atoms with Gasteiger partial charge in [0.15, 0.2) is 0 Å². The lowest BCUT2D eigenvalue weighted by molar-refractivity contribution is 0.185. The fourth-order valence-corrected chi connectivity index (χ4v) is 5.08. The number of thiophene rings is 1. The molecule has 1 aliphatic rings. The number of aryl methyl sites for hydroxylation is 4. The topological polar surface area (TPSA) is 61.4 Å². The molecule has 32 heavy (non-hydrogen) atoms. The fraction of sp³-hybridized carbons (Fsp3) is 0.480. The summed E-state index contributed by atoms with van der Waals surface area (Å²) >= 11 is 1.75. The molecular weight excluding hydrogens is 418 g/mol. The first-order valence-corrected chi connectivity index (χ1v) is 12.2. The maximum atomic E-state index is 12.6. The van der Waals surface area contributed by atoms with E-state index < -0.39 is 0 Å². The van der Waals surface area contributed by atoms with Gasteiger partial charge in [0.2, 0.25) is 0 Å². The third-order valence-electron chi connectivity index (χ3n) is 5.88. The highest BCUT2D eigenvalue weighted by molar-refractivity contribution is 7.18. The van der Waals surface area contributed by atoms with Crippen LogP contribution in [-0.2, 0) is 12.8 Å². The summed E-state index contributed by atoms with van der Waals surface area (Å²) in [5, 5.41) is 4.24. The van der Waals surface area contributed by atoms with Crippen LogP contribution in [0.1, 0.15) is 42.6 Å². The Hall–Kier alpha value is -2.67. The average molecular weight is 452 g/mol. The number of amides is 2. The zero-order chi connectivity index (χ0) is 22.9. The Bertz CT molecular complexity index is 1090. The van der Waals surface area contributed by atoms with Crippen molar-refractivity contribution in [1.82, 2.24) is 20.2 Å². The van der Waals surface area contributed by atoms with E-state index in [1.807, 2.05) is 31.7 Å². The molecule has 0 saturated carbocycles. The van der Waals surface area contributed by atoms with Crippen molar-refractivity contribution in [2.75, 3.05) is 31.1 Å². The Labute approximate surface area is 194 Å². The van der Waals surface area contributed by atoms with Crippen molar-refractivity contribution in [3.8, 4) is 0 Å². The summed E-state index contributed by atoms with van der Waals surface area (Å²) in [5.41, 5.74) is 2.34. The number of benzene rings is 1. The molecule has 1 saturated heterocycles. The molecule has 1 aromatic carbocycles. The van der Waals surface area contributed by atoms with Crippen molar-refractivity contribution in [1.29, 1.82) is 0 Å². The molecular formula is C25H33N5OS. The van der Waals surface area contributed by atoms with Gasteiger partial charge in [-0.15, -0.1) is 11.3 Å². The van der Waals surface area contributed by atoms with E-state index in [1.165, 1.54) is 21.4 Å². The molecule has 0 radical (unpaired) electrons. The smallest absolute Gasteiger partial charge is 0.317 e. The van der Waals surface area contributed by atoms with Crippen molar-refractivity contribution in [3.63, 3.8) is 0 Å². The summed E-state index contributed by atoms with van der Waals surface area (Å²) in [7, 11) is 0. The second-order valence-corrected chi connectivity index (χ2v) is 10.8. The number of hydrogen-bond donors (Lipinski definition) is 1. The third kappa shape index (κ3) is 5.04. The Kier molecular flexibility index (Phi) is 6.38. The van der Waals surface area contributed by atoms with Crippen molar-refractivity contribution < 1.29 is 4.79 Å². The van der Waals surface area contributed by atoms with Gasteiger partial charge in [0.1, 0.15) is 16.5 Å². The van der Waals surface area contributed by atoms with Crippen LogP contribution in [-0.4, -0.2) is 52.6 Å². The van der Waals surface area contributed by atoms with E-state index in [9.17, 15) is 4.79 Å². The van der Waals surface area contributed by atoms with Gasteiger partial charge in [-0.3, -0.25) is 0 Å². The van der Waals surface area contributed by atoms with E-state index in [-0.39, 0.29) is 11.6 Å². The summed E-state index contributed by atoms with van der Waals surface area (Å²) in [4.78, 5) is 29.1. The average Bonchev–Trinajstić information content (AvgIpc) is 3.05. The summed E-state index contributed by atoms with van der Waals surface area (Å²) in [6, 6.07) is 10.5. The van der Waals surface area contributed by atoms with Gasteiger partial charge in [-0.05, 0) is 52.2 Å². The van der Waals surface area contributed by atoms with Crippen LogP contribution in [0.2, 0.25) is 0 Å². The molecule has 0 unspecified atom stereocenters. The lowest BCUT2D eigenvalue weighted by atomic mass is 10.1. The van der Waals surface area contributed by atoms with Gasteiger partial charge in [0.05, 0.1) is 5.39 Å². The Morgan fingerprint density at radius 2 is 1.72 bits per heavy atom. The van der Waals surface area contributed by atoms with Crippen molar-refractivity contribution in [2.45, 2.75) is 53.0 Å². The van der Waals surface area contributed by atoms with Gasteiger partial charge in [-0.2, -0.15) is 0 Å². The van der Waals surface area contributed by atoms with E-state index in [0.29, 0.717) is 13.1 Å². The fourth-order valence-electron chi connectivity index (χ4n) is 4.03. The minimum atomic E-state index is -0.230. The minimum absolute atomic E-state index is 0.0103. The second kappa shape index (κ2) is 9.06. The maximum Gasteiger partial charge on any atom is 0.317 e. The lowest BCUT2D eigenvalue weighted by Crippen LogP contribution is -2.55. The summed E-state index contributed by atoms with van der Waals surface area (Å²) in [6.07, 6.45) is 1.74. The van der Waals surface area contributed by atoms with Crippen LogP contribution in [0.5, 0.6) is 0 Å². The van der Waals surface area contributed by atoms with Crippen molar-refractivity contribution in [2.24, 2.45) is 0 Å². The number of hydrogen-bond acceptors (Lipinski definition) is 5. The standard InChI is InChI=1S/C25H33N5OS/c1-17-18(2)32-23-21(17)22(26-20(27-23)12-11-19-9-7-6-8-10-19)29-13-15-30(16-14-29)24(31)28-25(3,4)5/h6-10H,11-16H2,1-5H3,(H,28,31). The zero-order valence-corrected chi connectivity index (χ0v) is 20.6. The van der Waals surface area contributed by atoms with E-state index in [4.69, 9.17) is 9.97 Å². The molecule has 0 atom stereocenters. The van der Waals surface area contributed by atoms with Crippen molar-refractivity contribution in [3.05, 3.63) is 52.2 Å². The van der Waals surface area contributed by atoms with Gasteiger partial charge in [-0.1, -0.05) is 30.3 Å². The molecule has 0 aliphatic carbocycles. The maximum absolute atomic E-state index is 12.6. The van der Waals surface area contributed by atoms with Gasteiger partial charge >= 0.3 is 6.03 Å². The quantitative estimate of drug-likeness (QED) is 0.623. The van der Waals surface area contributed by atoms with Crippen LogP contribution < -0.4 is 10.2 Å². The number of anilines is 1. The monoisotopic (exact) mass is 451 g/mol. The Morgan fingerprint density at radius 1 is 1.03 bits per heavy atom. The number of fused-ring (bicyclic) bond motifs is 1. The number of rotatable bonds is 4. The van der Waals surface area contributed by atoms with Crippen molar-refractivity contribution >= 4 is 33.4 Å². The van der Waals surface area contributed by atoms with Crippen LogP contribution in [0.4, 0.5) is 10.6 Å². The second-order valence-electron chi connectivity index (χ2n) is 9.57. The van der Waals surface area contributed by atoms with Gasteiger partial charge < -0.3 is 15.1 Å². The largest absolute Gasteiger partial charge is 0.352 e. The SMILES string of the molecule is Cc1sc2nc(CCc3ccccc3)nc(N3CCN(C(=O)NC(C)(C)C)CC3)c2c1C. The molecule has 7 heteroatoms. The van der Waals surface area contributed by atoms with Crippen LogP contribution in [0.3, 0.4) is 0 Å². The Morgan fingerprint density at radius 3 is 2.38 bits per heavy atom. The lowest BCUT2D eigenvalue weighted by Gasteiger charge is -2.37. The van der Waals surface area contributed by atoms with Gasteiger partial charge in [0.25, 0.3) is 0 Å². The number of carbonyl (C=O) groups excluding carboxylic acids is 1. The van der Waals surface area contributed by atoms with E-state index >= 15 is 0 Å². The number of aromatic nitrogens is 2. The highest BCUT2D eigenvalue weighted by Gasteiger charge is 2.27. The third-order valence-corrected chi connectivity index (χ3v) is 6.99. The first-order valence-electron chi connectivity index (χ1n) is 11.3. The number of carbonyl (C=O) groups is 1. The van der Waals surface area contributed by atoms with E-state index in [2.05, 4.69) is 48.3 Å². The first kappa shape index (κ1) is 22.5. The molecule has 2 amide bonds. The number of urea groups is 1. The predicted molar refractivity (Wildman–Crippen MR) is 133 cm³/mol. The van der Waals surface area contributed by atoms with Gasteiger partial charge in [0, 0.05) is 43.0 Å². The normalized spacial score (nSPS) is 14.8. The molecule has 170 valence electrons. The molecule has 1 aliphatic heterocycles. The molecule has 3 heterocycles. The molecule has 4 rings (SSSR count). The highest BCUT2D eigenvalue weighted by atomic mass is 32.1. The van der Waals surface area contributed by atoms with Crippen LogP contribution in [0.25, 0.3) is 10.2 Å². The summed E-state index contributed by atoms with van der Waals surface area (Å²) in [6.45, 7) is 13.3. The van der Waals surface area contributed by atoms with Crippen LogP contribution >= 0.6 is 11.3 Å². The molecule has 2 aromatic heterocycles. The number of piperazine rings is 1. The highest BCUT2D eigenvalue weighted by Crippen LogP contribution is 2.35. The summed E-state index contributed by atoms with van der Waals surface area (Å²) in [5.74, 6) is 1.92. The number of nitrogens with one attached hydrogen (secondary N) is 1. The van der Waals surface area contributed by atoms with E-state index in [1.54, 1.807) is 11.3 Å². The summed E-state index contributed by atoms with van der Waals surface area (Å²) < 4.78 is 0. The number of nitrogens with zero attached hydrogens (tertiary/aromatic N) is 4. The predicted octanol–water partition coefficient (Wildman–Crippen LogP) is 4.72. The van der Waals surface area contributed by atoms with Crippen LogP contribution in [0.15, 0.2) is 30.3 Å².